The number of ketones is 1. The van der Waals surface area contributed by atoms with Crippen molar-refractivity contribution in [3.05, 3.63) is 51.7 Å². The number of thiophene rings is 1. The van der Waals surface area contributed by atoms with E-state index in [0.717, 1.165) is 9.75 Å². The number of benzene rings is 1. The largest absolute Gasteiger partial charge is 0.481 e. The summed E-state index contributed by atoms with van der Waals surface area (Å²) in [7, 11) is -4.52. The summed E-state index contributed by atoms with van der Waals surface area (Å²) in [4.78, 5) is 30.9. The lowest BCUT2D eigenvalue weighted by Crippen LogP contribution is -2.41. The van der Waals surface area contributed by atoms with Crippen molar-refractivity contribution in [1.82, 2.24) is 0 Å². The fourth-order valence-electron chi connectivity index (χ4n) is 2.34. The second-order valence-corrected chi connectivity index (χ2v) is 9.27. The van der Waals surface area contributed by atoms with Gasteiger partial charge in [0.15, 0.2) is 5.78 Å². The van der Waals surface area contributed by atoms with E-state index in [4.69, 9.17) is 20.3 Å². The maximum Gasteiger partial charge on any atom is 0.469 e. The highest BCUT2D eigenvalue weighted by atomic mass is 32.1. The van der Waals surface area contributed by atoms with Gasteiger partial charge in [0.2, 0.25) is 0 Å². The lowest BCUT2D eigenvalue weighted by atomic mass is 9.98. The molecule has 0 amide bonds. The van der Waals surface area contributed by atoms with Crippen LogP contribution >= 0.6 is 19.2 Å². The molecule has 1 heterocycles. The zero-order chi connectivity index (χ0) is 21.5. The average molecular weight is 437 g/mol. The number of Topliss-reactive ketones (excluding diaryl/α,β-unsaturated/α-hetero) is 1. The van der Waals surface area contributed by atoms with E-state index < -0.39 is 13.4 Å². The third-order valence-corrected chi connectivity index (χ3v) is 5.46. The van der Waals surface area contributed by atoms with E-state index in [9.17, 15) is 9.36 Å². The Morgan fingerprint density at radius 3 is 2.76 bits per heavy atom. The minimum absolute atomic E-state index is 0.0190. The third kappa shape index (κ3) is 8.92. The number of carbonyl (C=O) groups is 1. The van der Waals surface area contributed by atoms with Crippen molar-refractivity contribution in [3.8, 4) is 17.6 Å². The van der Waals surface area contributed by atoms with Gasteiger partial charge in [-0.25, -0.2) is 4.57 Å². The number of ether oxygens (including phenoxy) is 1. The monoisotopic (exact) mass is 437 g/mol. The number of nitrogens with two attached hydrogens (primary N) is 1. The molecule has 156 valence electrons. The average Bonchev–Trinajstić information content (AvgIpc) is 3.10. The summed E-state index contributed by atoms with van der Waals surface area (Å²) in [5, 5.41) is 0. The highest BCUT2D eigenvalue weighted by Crippen LogP contribution is 2.37. The van der Waals surface area contributed by atoms with Gasteiger partial charge in [-0.1, -0.05) is 24.0 Å². The normalized spacial score (nSPS) is 13.3. The van der Waals surface area contributed by atoms with Crippen molar-refractivity contribution in [2.45, 2.75) is 32.2 Å². The second kappa shape index (κ2) is 10.2. The molecule has 2 aromatic rings. The molecule has 0 spiro atoms. The maximum atomic E-state index is 11.4. The molecule has 1 atom stereocenters. The van der Waals surface area contributed by atoms with Gasteiger partial charge in [0, 0.05) is 16.0 Å². The highest BCUT2D eigenvalue weighted by molar-refractivity contribution is 7.46. The van der Waals surface area contributed by atoms with Crippen LogP contribution in [0.1, 0.15) is 40.4 Å². The molecular formula is C20H24NO6PS. The number of phosphoric acid groups is 1. The highest BCUT2D eigenvalue weighted by Gasteiger charge is 2.24. The minimum Gasteiger partial charge on any atom is -0.481 e. The van der Waals surface area contributed by atoms with Crippen molar-refractivity contribution in [3.63, 3.8) is 0 Å². The van der Waals surface area contributed by atoms with Crippen LogP contribution in [-0.4, -0.2) is 34.3 Å². The summed E-state index contributed by atoms with van der Waals surface area (Å²) < 4.78 is 20.9. The van der Waals surface area contributed by atoms with Gasteiger partial charge in [-0.2, -0.15) is 0 Å². The number of rotatable bonds is 9. The third-order valence-electron chi connectivity index (χ3n) is 3.93. The van der Waals surface area contributed by atoms with E-state index in [0.29, 0.717) is 24.2 Å². The Morgan fingerprint density at radius 1 is 1.31 bits per heavy atom. The molecule has 0 saturated heterocycles. The zero-order valence-electron chi connectivity index (χ0n) is 16.3. The van der Waals surface area contributed by atoms with Crippen molar-refractivity contribution in [2.75, 3.05) is 13.2 Å². The molecule has 1 aromatic heterocycles. The van der Waals surface area contributed by atoms with Gasteiger partial charge in [-0.15, -0.1) is 11.3 Å². The summed E-state index contributed by atoms with van der Waals surface area (Å²) >= 11 is 1.53. The molecule has 9 heteroatoms. The molecule has 0 radical (unpaired) electrons. The standard InChI is InChI=1S/C20H24NO6PS/c1-15(22)16-5-3-6-17(13-16)26-12-4-7-18-8-9-19(29-18)10-11-20(2,21)14-27-28(23,24)25/h3,5-6,8-9,13H,10-12,14,21H2,1-2H3,(H2,23,24,25). The number of aryl methyl sites for hydroxylation is 1. The first kappa shape index (κ1) is 23.3. The summed E-state index contributed by atoms with van der Waals surface area (Å²) in [6.45, 7) is 3.17. The quantitative estimate of drug-likeness (QED) is 0.313. The van der Waals surface area contributed by atoms with Gasteiger partial charge in [-0.3, -0.25) is 9.32 Å². The van der Waals surface area contributed by atoms with Gasteiger partial charge in [0.1, 0.15) is 12.4 Å². The first-order chi connectivity index (χ1) is 13.5. The SMILES string of the molecule is CC(=O)c1cccc(OCC#Cc2ccc(CCC(C)(N)COP(=O)(O)O)s2)c1. The van der Waals surface area contributed by atoms with Gasteiger partial charge in [0.05, 0.1) is 11.5 Å². The Bertz CT molecular complexity index is 953. The van der Waals surface area contributed by atoms with Gasteiger partial charge >= 0.3 is 7.82 Å². The van der Waals surface area contributed by atoms with Crippen LogP contribution in [0.5, 0.6) is 5.75 Å². The van der Waals surface area contributed by atoms with Crippen LogP contribution in [-0.2, 0) is 15.5 Å². The molecule has 29 heavy (non-hydrogen) atoms. The molecule has 0 fully saturated rings. The Hall–Kier alpha value is -1.98. The van der Waals surface area contributed by atoms with Gasteiger partial charge < -0.3 is 20.3 Å². The Balaban J connectivity index is 1.83. The van der Waals surface area contributed by atoms with Crippen LogP contribution in [0.25, 0.3) is 0 Å². The fraction of sp³-hybridized carbons (Fsp3) is 0.350. The number of carbonyl (C=O) groups excluding carboxylic acids is 1. The first-order valence-corrected chi connectivity index (χ1v) is 11.2. The first-order valence-electron chi connectivity index (χ1n) is 8.84. The summed E-state index contributed by atoms with van der Waals surface area (Å²) in [6, 6.07) is 10.8. The maximum absolute atomic E-state index is 11.4. The second-order valence-electron chi connectivity index (χ2n) is 6.86. The predicted octanol–water partition coefficient (Wildman–Crippen LogP) is 3.14. The van der Waals surface area contributed by atoms with E-state index in [-0.39, 0.29) is 19.0 Å². The zero-order valence-corrected chi connectivity index (χ0v) is 18.0. The Morgan fingerprint density at radius 2 is 2.07 bits per heavy atom. The molecule has 1 unspecified atom stereocenters. The van der Waals surface area contributed by atoms with Crippen LogP contribution in [0.2, 0.25) is 0 Å². The van der Waals surface area contributed by atoms with Gasteiger partial charge in [-0.05, 0) is 51.0 Å². The number of phosphoric ester groups is 1. The van der Waals surface area contributed by atoms with Crippen molar-refractivity contribution in [1.29, 1.82) is 0 Å². The number of hydrogen-bond acceptors (Lipinski definition) is 6. The molecule has 0 aliphatic rings. The molecular weight excluding hydrogens is 413 g/mol. The molecule has 2 rings (SSSR count). The smallest absolute Gasteiger partial charge is 0.469 e. The lowest BCUT2D eigenvalue weighted by molar-refractivity contribution is 0.101. The Kier molecular flexibility index (Phi) is 8.17. The fourth-order valence-corrected chi connectivity index (χ4v) is 3.68. The summed E-state index contributed by atoms with van der Waals surface area (Å²) in [6.07, 6.45) is 1.16. The lowest BCUT2D eigenvalue weighted by Gasteiger charge is -2.24. The predicted molar refractivity (Wildman–Crippen MR) is 112 cm³/mol. The van der Waals surface area contributed by atoms with Crippen molar-refractivity contribution < 1.29 is 28.4 Å². The van der Waals surface area contributed by atoms with Crippen molar-refractivity contribution >= 4 is 24.9 Å². The summed E-state index contributed by atoms with van der Waals surface area (Å²) in [5.41, 5.74) is 5.78. The molecule has 4 N–H and O–H groups in total. The van der Waals surface area contributed by atoms with Gasteiger partial charge in [0.25, 0.3) is 0 Å². The minimum atomic E-state index is -4.52. The van der Waals surface area contributed by atoms with E-state index in [1.165, 1.54) is 18.3 Å². The van der Waals surface area contributed by atoms with E-state index in [1.807, 2.05) is 12.1 Å². The van der Waals surface area contributed by atoms with Crippen LogP contribution in [0.3, 0.4) is 0 Å². The van der Waals surface area contributed by atoms with E-state index in [1.54, 1.807) is 31.2 Å². The van der Waals surface area contributed by atoms with Crippen molar-refractivity contribution in [2.24, 2.45) is 5.73 Å². The van der Waals surface area contributed by atoms with Crippen LogP contribution in [0.15, 0.2) is 36.4 Å². The topological polar surface area (TPSA) is 119 Å². The number of hydrogen-bond donors (Lipinski definition) is 3. The Labute approximate surface area is 174 Å². The molecule has 7 nitrogen and oxygen atoms in total. The molecule has 0 saturated carbocycles. The molecule has 1 aromatic carbocycles. The molecule has 0 bridgehead atoms. The van der Waals surface area contributed by atoms with Crippen LogP contribution < -0.4 is 10.5 Å². The van der Waals surface area contributed by atoms with Crippen LogP contribution in [0, 0.1) is 11.8 Å². The molecule has 0 aliphatic heterocycles. The van der Waals surface area contributed by atoms with E-state index >= 15 is 0 Å². The molecule has 0 aliphatic carbocycles. The van der Waals surface area contributed by atoms with Crippen LogP contribution in [0.4, 0.5) is 0 Å². The van der Waals surface area contributed by atoms with E-state index in [2.05, 4.69) is 16.4 Å². The summed E-state index contributed by atoms with van der Waals surface area (Å²) in [5.74, 6) is 6.55.